The van der Waals surface area contributed by atoms with Gasteiger partial charge >= 0.3 is 0 Å². The van der Waals surface area contributed by atoms with Gasteiger partial charge in [0, 0.05) is 22.0 Å². The summed E-state index contributed by atoms with van der Waals surface area (Å²) in [6.07, 6.45) is 0.837. The number of hydrogen-bond donors (Lipinski definition) is 1. The van der Waals surface area contributed by atoms with E-state index in [4.69, 9.17) is 4.74 Å². The standard InChI is InChI=1S/C23H28Br2N2O3/c1-5-9-26-23(29)17(4)27(13-18-7-6-8-19(24)12-18)21(28)14-30-20-10-15(2)22(25)16(3)11-20/h6-8,10-12,17H,5,9,13-14H2,1-4H3,(H,26,29). The fraction of sp³-hybridized carbons (Fsp3) is 0.391. The number of halogens is 2. The van der Waals surface area contributed by atoms with Crippen LogP contribution in [0.25, 0.3) is 0 Å². The molecule has 1 atom stereocenters. The van der Waals surface area contributed by atoms with Crippen molar-refractivity contribution in [1.29, 1.82) is 0 Å². The monoisotopic (exact) mass is 538 g/mol. The second-order valence-electron chi connectivity index (χ2n) is 7.28. The van der Waals surface area contributed by atoms with Gasteiger partial charge in [0.05, 0.1) is 0 Å². The third kappa shape index (κ3) is 6.84. The lowest BCUT2D eigenvalue weighted by atomic mass is 10.1. The van der Waals surface area contributed by atoms with Gasteiger partial charge in [0.1, 0.15) is 11.8 Å². The predicted molar refractivity (Wildman–Crippen MR) is 127 cm³/mol. The molecule has 7 heteroatoms. The van der Waals surface area contributed by atoms with E-state index in [2.05, 4.69) is 37.2 Å². The Morgan fingerprint density at radius 3 is 2.40 bits per heavy atom. The molecule has 0 bridgehead atoms. The third-order valence-electron chi connectivity index (χ3n) is 4.73. The van der Waals surface area contributed by atoms with E-state index in [-0.39, 0.29) is 18.4 Å². The number of carbonyl (C=O) groups excluding carboxylic acids is 2. The molecule has 0 aliphatic carbocycles. The molecule has 0 aliphatic heterocycles. The predicted octanol–water partition coefficient (Wildman–Crippen LogP) is 5.15. The highest BCUT2D eigenvalue weighted by Gasteiger charge is 2.26. The molecule has 5 nitrogen and oxygen atoms in total. The zero-order valence-electron chi connectivity index (χ0n) is 17.8. The minimum Gasteiger partial charge on any atom is -0.484 e. The lowest BCUT2D eigenvalue weighted by molar-refractivity contribution is -0.142. The van der Waals surface area contributed by atoms with E-state index in [1.54, 1.807) is 11.8 Å². The summed E-state index contributed by atoms with van der Waals surface area (Å²) in [5.41, 5.74) is 3.01. The first-order valence-electron chi connectivity index (χ1n) is 9.94. The Hall–Kier alpha value is -1.86. The number of amides is 2. The molecule has 30 heavy (non-hydrogen) atoms. The van der Waals surface area contributed by atoms with Crippen LogP contribution in [0.15, 0.2) is 45.3 Å². The Morgan fingerprint density at radius 1 is 1.13 bits per heavy atom. The van der Waals surface area contributed by atoms with Gasteiger partial charge in [-0.3, -0.25) is 9.59 Å². The van der Waals surface area contributed by atoms with Gasteiger partial charge in [0.2, 0.25) is 5.91 Å². The first-order valence-corrected chi connectivity index (χ1v) is 11.5. The normalized spacial score (nSPS) is 11.7. The fourth-order valence-corrected chi connectivity index (χ4v) is 3.70. The van der Waals surface area contributed by atoms with Gasteiger partial charge in [-0.05, 0) is 68.1 Å². The summed E-state index contributed by atoms with van der Waals surface area (Å²) in [4.78, 5) is 27.2. The van der Waals surface area contributed by atoms with Crippen molar-refractivity contribution in [3.63, 3.8) is 0 Å². The van der Waals surface area contributed by atoms with Gasteiger partial charge in [-0.2, -0.15) is 0 Å². The molecule has 0 fully saturated rings. The van der Waals surface area contributed by atoms with Gasteiger partial charge in [0.25, 0.3) is 5.91 Å². The van der Waals surface area contributed by atoms with Gasteiger partial charge in [0.15, 0.2) is 6.61 Å². The molecule has 2 amide bonds. The van der Waals surface area contributed by atoms with Crippen LogP contribution in [0.2, 0.25) is 0 Å². The molecular weight excluding hydrogens is 512 g/mol. The van der Waals surface area contributed by atoms with Crippen molar-refractivity contribution in [3.05, 3.63) is 62.0 Å². The van der Waals surface area contributed by atoms with E-state index in [0.29, 0.717) is 18.8 Å². The van der Waals surface area contributed by atoms with E-state index >= 15 is 0 Å². The van der Waals surface area contributed by atoms with Crippen molar-refractivity contribution in [1.82, 2.24) is 10.2 Å². The second kappa shape index (κ2) is 11.5. The van der Waals surface area contributed by atoms with Crippen molar-refractivity contribution < 1.29 is 14.3 Å². The van der Waals surface area contributed by atoms with Crippen LogP contribution in [0.4, 0.5) is 0 Å². The molecule has 0 saturated heterocycles. The number of hydrogen-bond acceptors (Lipinski definition) is 3. The highest BCUT2D eigenvalue weighted by molar-refractivity contribution is 9.10. The van der Waals surface area contributed by atoms with Crippen LogP contribution < -0.4 is 10.1 Å². The average Bonchev–Trinajstić information content (AvgIpc) is 2.71. The van der Waals surface area contributed by atoms with Gasteiger partial charge < -0.3 is 15.0 Å². The summed E-state index contributed by atoms with van der Waals surface area (Å²) in [7, 11) is 0. The molecule has 162 valence electrons. The number of carbonyl (C=O) groups is 2. The Labute approximate surface area is 195 Å². The van der Waals surface area contributed by atoms with E-state index in [0.717, 1.165) is 32.1 Å². The maximum atomic E-state index is 13.1. The molecule has 0 heterocycles. The molecule has 0 aromatic heterocycles. The van der Waals surface area contributed by atoms with E-state index in [1.165, 1.54) is 0 Å². The highest BCUT2D eigenvalue weighted by atomic mass is 79.9. The third-order valence-corrected chi connectivity index (χ3v) is 6.47. The Kier molecular flexibility index (Phi) is 9.37. The van der Waals surface area contributed by atoms with Crippen LogP contribution in [0.5, 0.6) is 5.75 Å². The number of benzene rings is 2. The summed E-state index contributed by atoms with van der Waals surface area (Å²) in [5.74, 6) is 0.218. The summed E-state index contributed by atoms with van der Waals surface area (Å²) in [6.45, 7) is 8.45. The van der Waals surface area contributed by atoms with Gasteiger partial charge in [-0.15, -0.1) is 0 Å². The summed E-state index contributed by atoms with van der Waals surface area (Å²) >= 11 is 6.99. The summed E-state index contributed by atoms with van der Waals surface area (Å²) in [5, 5.41) is 2.87. The topological polar surface area (TPSA) is 58.6 Å². The van der Waals surface area contributed by atoms with Crippen molar-refractivity contribution in [2.75, 3.05) is 13.2 Å². The summed E-state index contributed by atoms with van der Waals surface area (Å²) < 4.78 is 7.74. The molecule has 0 spiro atoms. The number of rotatable bonds is 9. The molecule has 2 aromatic carbocycles. The molecule has 0 radical (unpaired) electrons. The van der Waals surface area contributed by atoms with Crippen molar-refractivity contribution >= 4 is 43.7 Å². The molecule has 1 unspecified atom stereocenters. The molecular formula is C23H28Br2N2O3. The molecule has 2 rings (SSSR count). The zero-order chi connectivity index (χ0) is 22.3. The van der Waals surface area contributed by atoms with Crippen LogP contribution >= 0.6 is 31.9 Å². The van der Waals surface area contributed by atoms with Gasteiger partial charge in [-0.1, -0.05) is 50.9 Å². The van der Waals surface area contributed by atoms with Crippen molar-refractivity contribution in [2.24, 2.45) is 0 Å². The quantitative estimate of drug-likeness (QED) is 0.479. The smallest absolute Gasteiger partial charge is 0.261 e. The van der Waals surface area contributed by atoms with Gasteiger partial charge in [-0.25, -0.2) is 0 Å². The first kappa shape index (κ1) is 24.4. The van der Waals surface area contributed by atoms with Crippen LogP contribution in [0.3, 0.4) is 0 Å². The fourth-order valence-electron chi connectivity index (χ4n) is 3.03. The minimum atomic E-state index is -0.611. The number of ether oxygens (including phenoxy) is 1. The largest absolute Gasteiger partial charge is 0.484 e. The van der Waals surface area contributed by atoms with Crippen LogP contribution in [-0.4, -0.2) is 35.9 Å². The maximum absolute atomic E-state index is 13.1. The molecule has 0 aliphatic rings. The lowest BCUT2D eigenvalue weighted by Gasteiger charge is -2.29. The van der Waals surface area contributed by atoms with E-state index < -0.39 is 6.04 Å². The van der Waals surface area contributed by atoms with Crippen LogP contribution in [-0.2, 0) is 16.1 Å². The molecule has 2 aromatic rings. The minimum absolute atomic E-state index is 0.139. The lowest BCUT2D eigenvalue weighted by Crippen LogP contribution is -2.49. The van der Waals surface area contributed by atoms with E-state index in [9.17, 15) is 9.59 Å². The van der Waals surface area contributed by atoms with Crippen LogP contribution in [0.1, 0.15) is 37.0 Å². The van der Waals surface area contributed by atoms with Crippen molar-refractivity contribution in [3.8, 4) is 5.75 Å². The Balaban J connectivity index is 2.17. The molecule has 1 N–H and O–H groups in total. The van der Waals surface area contributed by atoms with Crippen LogP contribution in [0, 0.1) is 13.8 Å². The number of nitrogens with one attached hydrogen (secondary N) is 1. The average molecular weight is 540 g/mol. The zero-order valence-corrected chi connectivity index (χ0v) is 21.0. The van der Waals surface area contributed by atoms with Crippen molar-refractivity contribution in [2.45, 2.75) is 46.7 Å². The second-order valence-corrected chi connectivity index (χ2v) is 8.99. The Morgan fingerprint density at radius 2 is 1.80 bits per heavy atom. The SMILES string of the molecule is CCCNC(=O)C(C)N(Cc1cccc(Br)c1)C(=O)COc1cc(C)c(Br)c(C)c1. The number of aryl methyl sites for hydroxylation is 2. The molecule has 0 saturated carbocycles. The summed E-state index contributed by atoms with van der Waals surface area (Å²) in [6, 6.07) is 10.9. The Bertz CT molecular complexity index is 879. The first-order chi connectivity index (χ1) is 14.2. The number of nitrogens with zero attached hydrogens (tertiary/aromatic N) is 1. The highest BCUT2D eigenvalue weighted by Crippen LogP contribution is 2.26. The maximum Gasteiger partial charge on any atom is 0.261 e. The van der Waals surface area contributed by atoms with E-state index in [1.807, 2.05) is 57.2 Å².